The molecule has 11 rings (SSSR count). The molecule has 1 spiro atoms. The Balaban J connectivity index is 1.25. The molecule has 0 amide bonds. The van der Waals surface area contributed by atoms with Crippen molar-refractivity contribution in [2.75, 3.05) is 4.90 Å². The fourth-order valence-electron chi connectivity index (χ4n) is 9.10. The lowest BCUT2D eigenvalue weighted by atomic mass is 9.70. The van der Waals surface area contributed by atoms with E-state index >= 15 is 0 Å². The number of anilines is 3. The lowest BCUT2D eigenvalue weighted by Crippen LogP contribution is -2.26. The van der Waals surface area contributed by atoms with Crippen molar-refractivity contribution < 1.29 is 4.42 Å². The van der Waals surface area contributed by atoms with Crippen LogP contribution in [0.25, 0.3) is 55.3 Å². The van der Waals surface area contributed by atoms with Gasteiger partial charge in [-0.2, -0.15) is 0 Å². The van der Waals surface area contributed by atoms with Crippen molar-refractivity contribution in [1.82, 2.24) is 0 Å². The topological polar surface area (TPSA) is 16.4 Å². The number of nitrogens with zero attached hydrogens (tertiary/aromatic N) is 1. The van der Waals surface area contributed by atoms with Crippen LogP contribution >= 0.6 is 0 Å². The quantitative estimate of drug-likeness (QED) is 0.189. The average Bonchev–Trinajstić information content (AvgIpc) is 3.83. The van der Waals surface area contributed by atoms with Crippen molar-refractivity contribution in [3.63, 3.8) is 0 Å². The van der Waals surface area contributed by atoms with Gasteiger partial charge in [-0.3, -0.25) is 0 Å². The van der Waals surface area contributed by atoms with E-state index in [0.717, 1.165) is 39.0 Å². The summed E-state index contributed by atoms with van der Waals surface area (Å²) in [6.45, 7) is 0. The van der Waals surface area contributed by atoms with E-state index in [1.54, 1.807) is 0 Å². The number of para-hydroxylation sites is 2. The van der Waals surface area contributed by atoms with Crippen LogP contribution < -0.4 is 4.90 Å². The molecule has 51 heavy (non-hydrogen) atoms. The van der Waals surface area contributed by atoms with E-state index in [1.807, 2.05) is 6.07 Å². The Morgan fingerprint density at radius 3 is 1.69 bits per heavy atom. The van der Waals surface area contributed by atoms with E-state index in [2.05, 4.69) is 187 Å². The van der Waals surface area contributed by atoms with Gasteiger partial charge in [-0.1, -0.05) is 152 Å². The summed E-state index contributed by atoms with van der Waals surface area (Å²) in [7, 11) is 0. The first kappa shape index (κ1) is 28.2. The van der Waals surface area contributed by atoms with Crippen LogP contribution in [0.15, 0.2) is 192 Å². The average molecular weight is 650 g/mol. The summed E-state index contributed by atoms with van der Waals surface area (Å²) in [5.74, 6) is 0. The lowest BCUT2D eigenvalue weighted by molar-refractivity contribution is 0.669. The van der Waals surface area contributed by atoms with Crippen molar-refractivity contribution in [1.29, 1.82) is 0 Å². The molecule has 2 heteroatoms. The fourth-order valence-corrected chi connectivity index (χ4v) is 9.10. The summed E-state index contributed by atoms with van der Waals surface area (Å²) in [6, 6.07) is 68.5. The number of furan rings is 1. The van der Waals surface area contributed by atoms with Crippen molar-refractivity contribution in [3.05, 3.63) is 210 Å². The van der Waals surface area contributed by atoms with E-state index in [4.69, 9.17) is 4.42 Å². The first-order valence-corrected chi connectivity index (χ1v) is 17.6. The van der Waals surface area contributed by atoms with Crippen molar-refractivity contribution in [2.24, 2.45) is 0 Å². The number of hydrogen-bond acceptors (Lipinski definition) is 2. The molecule has 9 aromatic rings. The summed E-state index contributed by atoms with van der Waals surface area (Å²) in [5.41, 5.74) is 17.5. The van der Waals surface area contributed by atoms with Gasteiger partial charge in [0.05, 0.1) is 16.8 Å². The Morgan fingerprint density at radius 1 is 0.373 bits per heavy atom. The van der Waals surface area contributed by atoms with E-state index < -0.39 is 5.41 Å². The van der Waals surface area contributed by atoms with Gasteiger partial charge in [0.25, 0.3) is 0 Å². The first-order valence-electron chi connectivity index (χ1n) is 17.6. The molecule has 0 fully saturated rings. The zero-order valence-electron chi connectivity index (χ0n) is 27.8. The highest BCUT2D eigenvalue weighted by Gasteiger charge is 2.52. The van der Waals surface area contributed by atoms with Gasteiger partial charge in [-0.25, -0.2) is 0 Å². The number of rotatable bonds is 4. The Hall–Kier alpha value is -6.64. The van der Waals surface area contributed by atoms with Gasteiger partial charge in [0.2, 0.25) is 0 Å². The molecule has 2 aliphatic rings. The van der Waals surface area contributed by atoms with Gasteiger partial charge >= 0.3 is 0 Å². The maximum atomic E-state index is 6.32. The molecule has 0 unspecified atom stereocenters. The van der Waals surface area contributed by atoms with Gasteiger partial charge < -0.3 is 9.32 Å². The summed E-state index contributed by atoms with van der Waals surface area (Å²) >= 11 is 0. The van der Waals surface area contributed by atoms with Gasteiger partial charge in [0, 0.05) is 27.6 Å². The SMILES string of the molecule is c1ccc(-c2ccccc2N(c2ccc3oc4ccccc4c3c2)c2cccc3c2-c2ccccc2C32c3ccccc3-c3ccccc32)cc1. The molecule has 238 valence electrons. The molecule has 0 atom stereocenters. The van der Waals surface area contributed by atoms with Crippen LogP contribution in [0.4, 0.5) is 17.1 Å². The van der Waals surface area contributed by atoms with Gasteiger partial charge in [0.1, 0.15) is 11.2 Å². The van der Waals surface area contributed by atoms with Crippen LogP contribution in [0.1, 0.15) is 22.3 Å². The molecule has 0 saturated heterocycles. The van der Waals surface area contributed by atoms with E-state index in [0.29, 0.717) is 0 Å². The molecular formula is C49H31NO. The highest BCUT2D eigenvalue weighted by molar-refractivity contribution is 6.08. The summed E-state index contributed by atoms with van der Waals surface area (Å²) in [6.07, 6.45) is 0. The molecule has 0 radical (unpaired) electrons. The van der Waals surface area contributed by atoms with E-state index in [9.17, 15) is 0 Å². The zero-order chi connectivity index (χ0) is 33.5. The molecule has 1 heterocycles. The van der Waals surface area contributed by atoms with Crippen LogP contribution in [0, 0.1) is 0 Å². The molecule has 1 aromatic heterocycles. The minimum absolute atomic E-state index is 0.426. The third-order valence-corrected chi connectivity index (χ3v) is 11.1. The van der Waals surface area contributed by atoms with E-state index in [1.165, 1.54) is 55.6 Å². The Bertz CT molecular complexity index is 2780. The summed E-state index contributed by atoms with van der Waals surface area (Å²) in [4.78, 5) is 2.48. The summed E-state index contributed by atoms with van der Waals surface area (Å²) < 4.78 is 6.32. The molecule has 2 nitrogen and oxygen atoms in total. The number of hydrogen-bond donors (Lipinski definition) is 0. The Kier molecular flexibility index (Phi) is 5.91. The monoisotopic (exact) mass is 649 g/mol. The molecule has 8 aromatic carbocycles. The second kappa shape index (κ2) is 10.7. The second-order valence-electron chi connectivity index (χ2n) is 13.6. The second-order valence-corrected chi connectivity index (χ2v) is 13.6. The van der Waals surface area contributed by atoms with Crippen LogP contribution in [-0.4, -0.2) is 0 Å². The van der Waals surface area contributed by atoms with Gasteiger partial charge in [0.15, 0.2) is 0 Å². The van der Waals surface area contributed by atoms with Crippen LogP contribution in [0.5, 0.6) is 0 Å². The molecule has 0 saturated carbocycles. The Morgan fingerprint density at radius 2 is 0.922 bits per heavy atom. The maximum Gasteiger partial charge on any atom is 0.135 e. The van der Waals surface area contributed by atoms with Crippen molar-refractivity contribution in [2.45, 2.75) is 5.41 Å². The smallest absolute Gasteiger partial charge is 0.135 e. The van der Waals surface area contributed by atoms with Crippen LogP contribution in [-0.2, 0) is 5.41 Å². The fraction of sp³-hybridized carbons (Fsp3) is 0.0204. The normalized spacial score (nSPS) is 13.3. The molecular weight excluding hydrogens is 619 g/mol. The third-order valence-electron chi connectivity index (χ3n) is 11.1. The molecule has 0 bridgehead atoms. The lowest BCUT2D eigenvalue weighted by Gasteiger charge is -2.32. The number of benzene rings is 8. The minimum atomic E-state index is -0.426. The third kappa shape index (κ3) is 3.82. The van der Waals surface area contributed by atoms with Gasteiger partial charge in [-0.05, 0) is 80.9 Å². The zero-order valence-corrected chi connectivity index (χ0v) is 27.8. The van der Waals surface area contributed by atoms with Gasteiger partial charge in [-0.15, -0.1) is 0 Å². The Labute approximate surface area is 296 Å². The molecule has 0 aliphatic heterocycles. The molecule has 2 aliphatic carbocycles. The maximum absolute atomic E-state index is 6.32. The predicted molar refractivity (Wildman–Crippen MR) is 210 cm³/mol. The van der Waals surface area contributed by atoms with Crippen LogP contribution in [0.3, 0.4) is 0 Å². The van der Waals surface area contributed by atoms with Crippen LogP contribution in [0.2, 0.25) is 0 Å². The van der Waals surface area contributed by atoms with Crippen molar-refractivity contribution in [3.8, 4) is 33.4 Å². The highest BCUT2D eigenvalue weighted by atomic mass is 16.3. The standard InChI is InChI=1S/C49H31NO/c1-2-15-32(16-3-1)34-17-7-12-26-44(34)50(33-29-30-47-39(31-33)37-20-8-13-28-46(37)51-47)45-27-14-25-43-48(45)38-21-6-11-24-42(38)49(43)40-22-9-4-18-35(40)36-19-5-10-23-41(36)49/h1-31H. The van der Waals surface area contributed by atoms with E-state index in [-0.39, 0.29) is 0 Å². The largest absolute Gasteiger partial charge is 0.456 e. The first-order chi connectivity index (χ1) is 25.3. The number of fused-ring (bicyclic) bond motifs is 13. The highest BCUT2D eigenvalue weighted by Crippen LogP contribution is 2.64. The minimum Gasteiger partial charge on any atom is -0.456 e. The molecule has 0 N–H and O–H groups in total. The summed E-state index contributed by atoms with van der Waals surface area (Å²) in [5, 5.41) is 2.22. The predicted octanol–water partition coefficient (Wildman–Crippen LogP) is 13.1. The van der Waals surface area contributed by atoms with Crippen molar-refractivity contribution >= 4 is 39.0 Å².